The van der Waals surface area contributed by atoms with Gasteiger partial charge < -0.3 is 19.8 Å². The smallest absolute Gasteiger partial charge is 0.424 e. The Morgan fingerprint density at radius 3 is 2.56 bits per heavy atom. The van der Waals surface area contributed by atoms with Gasteiger partial charge in [0.1, 0.15) is 11.0 Å². The Morgan fingerprint density at radius 1 is 1.48 bits per heavy atom. The van der Waals surface area contributed by atoms with E-state index in [0.29, 0.717) is 11.3 Å². The molecule has 7 nitrogen and oxygen atoms in total. The minimum atomic E-state index is -5.15. The third-order valence-electron chi connectivity index (χ3n) is 4.05. The number of carbonyl (C=O) groups is 2. The van der Waals surface area contributed by atoms with Crippen molar-refractivity contribution in [3.05, 3.63) is 16.1 Å². The number of alkyl halides is 3. The molecule has 0 saturated carbocycles. The highest BCUT2D eigenvalue weighted by molar-refractivity contribution is 7.09. The summed E-state index contributed by atoms with van der Waals surface area (Å²) in [7, 11) is 1.32. The number of aromatic nitrogens is 1. The molecule has 0 radical (unpaired) electrons. The number of carbonyl (C=O) groups excluding carboxylic acids is 1. The Labute approximate surface area is 145 Å². The van der Waals surface area contributed by atoms with Crippen LogP contribution in [0.4, 0.5) is 13.2 Å². The number of halogens is 3. The Balaban J connectivity index is 2.30. The van der Waals surface area contributed by atoms with Crippen molar-refractivity contribution in [2.45, 2.75) is 43.7 Å². The summed E-state index contributed by atoms with van der Waals surface area (Å²) in [6.07, 6.45) is -7.11. The number of nitrogens with zero attached hydrogens (tertiary/aromatic N) is 2. The van der Waals surface area contributed by atoms with Gasteiger partial charge in [0.25, 0.3) is 0 Å². The van der Waals surface area contributed by atoms with Gasteiger partial charge in [0, 0.05) is 31.1 Å². The van der Waals surface area contributed by atoms with Crippen LogP contribution in [-0.4, -0.2) is 64.0 Å². The zero-order valence-electron chi connectivity index (χ0n) is 13.4. The third-order valence-corrected chi connectivity index (χ3v) is 5.16. The van der Waals surface area contributed by atoms with E-state index in [9.17, 15) is 33.0 Å². The summed E-state index contributed by atoms with van der Waals surface area (Å²) in [6.45, 7) is 1.31. The Morgan fingerprint density at radius 2 is 2.12 bits per heavy atom. The van der Waals surface area contributed by atoms with E-state index in [4.69, 9.17) is 4.74 Å². The Kier molecular flexibility index (Phi) is 5.40. The maximum Gasteiger partial charge on any atom is 0.424 e. The van der Waals surface area contributed by atoms with E-state index < -0.39 is 47.2 Å². The number of aliphatic carboxylic acids is 1. The molecule has 11 heteroatoms. The first kappa shape index (κ1) is 19.6. The first-order valence-corrected chi connectivity index (χ1v) is 8.14. The van der Waals surface area contributed by atoms with Crippen LogP contribution in [-0.2, 0) is 19.9 Å². The number of aliphatic hydroxyl groups is 1. The second-order valence-electron chi connectivity index (χ2n) is 5.82. The van der Waals surface area contributed by atoms with Crippen molar-refractivity contribution in [1.29, 1.82) is 0 Å². The highest BCUT2D eigenvalue weighted by Crippen LogP contribution is 2.43. The lowest BCUT2D eigenvalue weighted by Crippen LogP contribution is -2.49. The fourth-order valence-corrected chi connectivity index (χ4v) is 3.55. The van der Waals surface area contributed by atoms with E-state index in [-0.39, 0.29) is 18.7 Å². The van der Waals surface area contributed by atoms with Gasteiger partial charge in [0.15, 0.2) is 0 Å². The molecule has 3 atom stereocenters. The summed E-state index contributed by atoms with van der Waals surface area (Å²) < 4.78 is 45.4. The summed E-state index contributed by atoms with van der Waals surface area (Å²) in [5, 5.41) is 20.1. The molecule has 1 aliphatic heterocycles. The standard InChI is InChI=1S/C14H17F3N2O5S/c1-7-6-25-12(18-7)13(23,14(15,16)17)4-10(20)19-5-8(24-2)3-9(19)11(21)22/h6,8-9,23H,3-5H2,1-2H3,(H,21,22). The maximum absolute atomic E-state index is 13.5. The predicted molar refractivity (Wildman–Crippen MR) is 80.0 cm³/mol. The topological polar surface area (TPSA) is 100.0 Å². The van der Waals surface area contributed by atoms with Gasteiger partial charge in [0.2, 0.25) is 11.5 Å². The first-order valence-electron chi connectivity index (χ1n) is 7.26. The second-order valence-corrected chi connectivity index (χ2v) is 6.68. The van der Waals surface area contributed by atoms with E-state index in [1.54, 1.807) is 0 Å². The minimum Gasteiger partial charge on any atom is -0.480 e. The number of thiazole rings is 1. The molecule has 0 bridgehead atoms. The van der Waals surface area contributed by atoms with Crippen molar-refractivity contribution in [1.82, 2.24) is 9.88 Å². The molecule has 0 spiro atoms. The molecule has 25 heavy (non-hydrogen) atoms. The van der Waals surface area contributed by atoms with Gasteiger partial charge in [-0.25, -0.2) is 9.78 Å². The van der Waals surface area contributed by atoms with Gasteiger partial charge in [-0.1, -0.05) is 0 Å². The fourth-order valence-electron chi connectivity index (χ4n) is 2.64. The number of methoxy groups -OCH3 is 1. The highest BCUT2D eigenvalue weighted by atomic mass is 32.1. The molecule has 2 heterocycles. The fraction of sp³-hybridized carbons (Fsp3) is 0.643. The summed E-state index contributed by atoms with van der Waals surface area (Å²) in [6, 6.07) is -1.30. The monoisotopic (exact) mass is 382 g/mol. The van der Waals surface area contributed by atoms with E-state index in [1.807, 2.05) is 0 Å². The van der Waals surface area contributed by atoms with E-state index in [2.05, 4.69) is 4.98 Å². The highest BCUT2D eigenvalue weighted by Gasteiger charge is 2.59. The molecule has 1 fully saturated rings. The van der Waals surface area contributed by atoms with Gasteiger partial charge >= 0.3 is 12.1 Å². The number of amides is 1. The van der Waals surface area contributed by atoms with Crippen molar-refractivity contribution in [2.24, 2.45) is 0 Å². The van der Waals surface area contributed by atoms with Crippen LogP contribution in [0.3, 0.4) is 0 Å². The lowest BCUT2D eigenvalue weighted by atomic mass is 9.98. The molecule has 1 aromatic rings. The molecule has 0 aliphatic carbocycles. The molecule has 1 amide bonds. The largest absolute Gasteiger partial charge is 0.480 e. The van der Waals surface area contributed by atoms with Gasteiger partial charge in [-0.3, -0.25) is 4.79 Å². The maximum atomic E-state index is 13.5. The number of hydrogen-bond donors (Lipinski definition) is 2. The van der Waals surface area contributed by atoms with Gasteiger partial charge in [-0.2, -0.15) is 13.2 Å². The molecule has 0 aromatic carbocycles. The quantitative estimate of drug-likeness (QED) is 0.796. The average molecular weight is 382 g/mol. The van der Waals surface area contributed by atoms with E-state index in [0.717, 1.165) is 4.90 Å². The van der Waals surface area contributed by atoms with Gasteiger partial charge in [-0.05, 0) is 6.92 Å². The molecular weight excluding hydrogens is 365 g/mol. The molecule has 2 rings (SSSR count). The molecular formula is C14H17F3N2O5S. The van der Waals surface area contributed by atoms with Crippen molar-refractivity contribution >= 4 is 23.2 Å². The lowest BCUT2D eigenvalue weighted by Gasteiger charge is -2.30. The zero-order chi connectivity index (χ0) is 19.0. The van der Waals surface area contributed by atoms with Crippen molar-refractivity contribution in [3.63, 3.8) is 0 Å². The summed E-state index contributed by atoms with van der Waals surface area (Å²) in [4.78, 5) is 28.1. The Bertz CT molecular complexity index is 665. The predicted octanol–water partition coefficient (Wildman–Crippen LogP) is 1.29. The Hall–Kier alpha value is -1.72. The van der Waals surface area contributed by atoms with Crippen LogP contribution < -0.4 is 0 Å². The molecule has 1 aliphatic rings. The summed E-state index contributed by atoms with van der Waals surface area (Å²) in [5.74, 6) is -2.46. The number of rotatable bonds is 5. The zero-order valence-corrected chi connectivity index (χ0v) is 14.2. The van der Waals surface area contributed by atoms with Crippen LogP contribution in [0.5, 0.6) is 0 Å². The number of hydrogen-bond acceptors (Lipinski definition) is 6. The lowest BCUT2D eigenvalue weighted by molar-refractivity contribution is -0.268. The van der Waals surface area contributed by atoms with E-state index in [1.165, 1.54) is 19.4 Å². The number of carboxylic acids is 1. The molecule has 3 unspecified atom stereocenters. The number of ether oxygens (including phenoxy) is 1. The van der Waals surface area contributed by atoms with Crippen LogP contribution in [0.15, 0.2) is 5.38 Å². The van der Waals surface area contributed by atoms with Crippen LogP contribution in [0.2, 0.25) is 0 Å². The number of aryl methyl sites for hydroxylation is 1. The van der Waals surface area contributed by atoms with Crippen LogP contribution in [0, 0.1) is 6.92 Å². The van der Waals surface area contributed by atoms with Crippen LogP contribution >= 0.6 is 11.3 Å². The van der Waals surface area contributed by atoms with Crippen LogP contribution in [0.1, 0.15) is 23.5 Å². The summed E-state index contributed by atoms with van der Waals surface area (Å²) >= 11 is 0.587. The molecule has 1 aromatic heterocycles. The number of carboxylic acid groups (broad SMARTS) is 1. The van der Waals surface area contributed by atoms with Crippen molar-refractivity contribution in [2.75, 3.05) is 13.7 Å². The van der Waals surface area contributed by atoms with Crippen molar-refractivity contribution in [3.8, 4) is 0 Å². The minimum absolute atomic E-state index is 0.0294. The van der Waals surface area contributed by atoms with Crippen LogP contribution in [0.25, 0.3) is 0 Å². The first-order chi connectivity index (χ1) is 11.5. The summed E-state index contributed by atoms with van der Waals surface area (Å²) in [5.41, 5.74) is -3.20. The van der Waals surface area contributed by atoms with Crippen molar-refractivity contribution < 1.29 is 37.7 Å². The third kappa shape index (κ3) is 3.77. The second kappa shape index (κ2) is 6.89. The van der Waals surface area contributed by atoms with Gasteiger partial charge in [0.05, 0.1) is 12.5 Å². The van der Waals surface area contributed by atoms with E-state index >= 15 is 0 Å². The molecule has 2 N–H and O–H groups in total. The SMILES string of the molecule is COC1CC(C(=O)O)N(C(=O)CC(O)(c2nc(C)cs2)C(F)(F)F)C1. The molecule has 1 saturated heterocycles. The molecule has 140 valence electrons. The normalized spacial score (nSPS) is 23.5. The average Bonchev–Trinajstić information content (AvgIpc) is 3.12. The van der Waals surface area contributed by atoms with Gasteiger partial charge in [-0.15, -0.1) is 11.3 Å². The number of likely N-dealkylation sites (tertiary alicyclic amines) is 1.